The normalized spacial score (nSPS) is 11.4. The van der Waals surface area contributed by atoms with Gasteiger partial charge in [-0.2, -0.15) is 5.10 Å². The Morgan fingerprint density at radius 3 is 2.57 bits per heavy atom. The highest BCUT2D eigenvalue weighted by Gasteiger charge is 2.13. The minimum absolute atomic E-state index is 0.542. The molecule has 3 aromatic heterocycles. The third-order valence-corrected chi connectivity index (χ3v) is 4.82. The predicted molar refractivity (Wildman–Crippen MR) is 108 cm³/mol. The number of hydrogen-bond donors (Lipinski definition) is 0. The molecule has 138 valence electrons. The summed E-state index contributed by atoms with van der Waals surface area (Å²) in [5, 5.41) is 14.2. The molecule has 6 nitrogen and oxygen atoms in total. The molecule has 0 bridgehead atoms. The smallest absolute Gasteiger partial charge is 0.200 e. The van der Waals surface area contributed by atoms with E-state index in [0.717, 1.165) is 44.9 Å². The fourth-order valence-corrected chi connectivity index (χ4v) is 3.52. The molecule has 28 heavy (non-hydrogen) atoms. The van der Waals surface area contributed by atoms with E-state index in [0.29, 0.717) is 6.61 Å². The maximum atomic E-state index is 5.98. The molecule has 0 amide bonds. The van der Waals surface area contributed by atoms with Crippen molar-refractivity contribution in [3.63, 3.8) is 0 Å². The molecule has 0 saturated carbocycles. The Hall–Kier alpha value is -3.67. The molecule has 0 aliphatic heterocycles. The molecule has 0 N–H and O–H groups in total. The summed E-state index contributed by atoms with van der Waals surface area (Å²) in [7, 11) is 0. The van der Waals surface area contributed by atoms with Crippen molar-refractivity contribution >= 4 is 16.4 Å². The number of benzene rings is 2. The largest absolute Gasteiger partial charge is 0.489 e. The van der Waals surface area contributed by atoms with Gasteiger partial charge in [0.15, 0.2) is 5.82 Å². The van der Waals surface area contributed by atoms with Crippen LogP contribution in [0.5, 0.6) is 5.75 Å². The number of fused-ring (bicyclic) bond motifs is 3. The van der Waals surface area contributed by atoms with Crippen LogP contribution >= 0.6 is 0 Å². The minimum Gasteiger partial charge on any atom is -0.489 e. The minimum atomic E-state index is 0.542. The van der Waals surface area contributed by atoms with Gasteiger partial charge in [-0.1, -0.05) is 30.3 Å². The SMILES string of the molecule is Cc1cc(C)n(-c2nncn3c2cc2cc(OCc4ccccc4)ccc23)n1. The highest BCUT2D eigenvalue weighted by molar-refractivity contribution is 5.90. The summed E-state index contributed by atoms with van der Waals surface area (Å²) in [6.45, 7) is 4.53. The average molecular weight is 369 g/mol. The van der Waals surface area contributed by atoms with Gasteiger partial charge in [0.25, 0.3) is 0 Å². The van der Waals surface area contributed by atoms with Crippen LogP contribution in [0.1, 0.15) is 17.0 Å². The molecule has 0 saturated heterocycles. The van der Waals surface area contributed by atoms with Crippen molar-refractivity contribution in [3.8, 4) is 11.6 Å². The molecule has 6 heteroatoms. The van der Waals surface area contributed by atoms with Gasteiger partial charge in [-0.3, -0.25) is 4.40 Å². The van der Waals surface area contributed by atoms with Gasteiger partial charge in [-0.05, 0) is 49.7 Å². The van der Waals surface area contributed by atoms with E-state index < -0.39 is 0 Å². The number of hydrogen-bond acceptors (Lipinski definition) is 4. The van der Waals surface area contributed by atoms with Crippen LogP contribution in [0, 0.1) is 13.8 Å². The van der Waals surface area contributed by atoms with Crippen molar-refractivity contribution in [3.05, 3.63) is 83.9 Å². The maximum absolute atomic E-state index is 5.98. The molecule has 2 aromatic carbocycles. The van der Waals surface area contributed by atoms with Crippen LogP contribution in [-0.2, 0) is 6.61 Å². The number of rotatable bonds is 4. The quantitative estimate of drug-likeness (QED) is 0.475. The van der Waals surface area contributed by atoms with Crippen LogP contribution in [0.3, 0.4) is 0 Å². The van der Waals surface area contributed by atoms with E-state index in [9.17, 15) is 0 Å². The summed E-state index contributed by atoms with van der Waals surface area (Å²) >= 11 is 0. The second-order valence-electron chi connectivity index (χ2n) is 6.89. The monoisotopic (exact) mass is 369 g/mol. The van der Waals surface area contributed by atoms with E-state index in [1.807, 2.05) is 53.3 Å². The summed E-state index contributed by atoms with van der Waals surface area (Å²) in [4.78, 5) is 0. The van der Waals surface area contributed by atoms with E-state index in [1.165, 1.54) is 0 Å². The zero-order chi connectivity index (χ0) is 19.1. The van der Waals surface area contributed by atoms with Gasteiger partial charge in [0.2, 0.25) is 0 Å². The van der Waals surface area contributed by atoms with Crippen LogP contribution in [-0.4, -0.2) is 24.4 Å². The summed E-state index contributed by atoms with van der Waals surface area (Å²) in [6, 6.07) is 20.4. The van der Waals surface area contributed by atoms with Crippen LogP contribution in [0.4, 0.5) is 0 Å². The molecule has 0 aliphatic carbocycles. The summed E-state index contributed by atoms with van der Waals surface area (Å²) in [5.41, 5.74) is 5.13. The average Bonchev–Trinajstić information content (AvgIpc) is 3.25. The lowest BCUT2D eigenvalue weighted by Crippen LogP contribution is -2.06. The first kappa shape index (κ1) is 16.5. The Morgan fingerprint density at radius 2 is 1.79 bits per heavy atom. The topological polar surface area (TPSA) is 57.2 Å². The highest BCUT2D eigenvalue weighted by Crippen LogP contribution is 2.27. The van der Waals surface area contributed by atoms with Crippen LogP contribution in [0.2, 0.25) is 0 Å². The van der Waals surface area contributed by atoms with E-state index in [1.54, 1.807) is 6.33 Å². The molecule has 0 fully saturated rings. The molecule has 0 unspecified atom stereocenters. The lowest BCUT2D eigenvalue weighted by atomic mass is 10.2. The van der Waals surface area contributed by atoms with Crippen molar-refractivity contribution < 1.29 is 4.74 Å². The summed E-state index contributed by atoms with van der Waals surface area (Å²) < 4.78 is 9.85. The molecule has 0 radical (unpaired) electrons. The standard InChI is InChI=1S/C22H19N5O/c1-15-10-16(2)27(25-15)22-21-12-18-11-19(28-13-17-6-4-3-5-7-17)8-9-20(18)26(21)14-23-24-22/h3-12,14H,13H2,1-2H3. The molecule has 0 aliphatic rings. The second-order valence-corrected chi connectivity index (χ2v) is 6.89. The number of aromatic nitrogens is 5. The summed E-state index contributed by atoms with van der Waals surface area (Å²) in [5.74, 6) is 1.55. The third-order valence-electron chi connectivity index (χ3n) is 4.82. The lowest BCUT2D eigenvalue weighted by Gasteiger charge is -2.06. The first-order valence-corrected chi connectivity index (χ1v) is 9.16. The van der Waals surface area contributed by atoms with Crippen molar-refractivity contribution in [1.82, 2.24) is 24.4 Å². The maximum Gasteiger partial charge on any atom is 0.200 e. The molecule has 0 atom stereocenters. The van der Waals surface area contributed by atoms with Crippen molar-refractivity contribution in [1.29, 1.82) is 0 Å². The van der Waals surface area contributed by atoms with E-state index in [4.69, 9.17) is 4.74 Å². The highest BCUT2D eigenvalue weighted by atomic mass is 16.5. The number of aryl methyl sites for hydroxylation is 2. The summed E-state index contributed by atoms with van der Waals surface area (Å²) in [6.07, 6.45) is 1.73. The van der Waals surface area contributed by atoms with Gasteiger partial charge in [0.1, 0.15) is 18.7 Å². The molecule has 5 rings (SSSR count). The van der Waals surface area contributed by atoms with Crippen molar-refractivity contribution in [2.75, 3.05) is 0 Å². The Labute approximate surface area is 162 Å². The Bertz CT molecular complexity index is 1290. The molecule has 0 spiro atoms. The predicted octanol–water partition coefficient (Wildman–Crippen LogP) is 4.26. The van der Waals surface area contributed by atoms with Gasteiger partial charge in [0, 0.05) is 11.1 Å². The first-order valence-electron chi connectivity index (χ1n) is 9.16. The van der Waals surface area contributed by atoms with Gasteiger partial charge in [-0.25, -0.2) is 4.68 Å². The number of ether oxygens (including phenoxy) is 1. The fraction of sp³-hybridized carbons (Fsp3) is 0.136. The molecular weight excluding hydrogens is 350 g/mol. The van der Waals surface area contributed by atoms with E-state index in [2.05, 4.69) is 45.6 Å². The zero-order valence-corrected chi connectivity index (χ0v) is 15.7. The van der Waals surface area contributed by atoms with Crippen LogP contribution < -0.4 is 4.74 Å². The Kier molecular flexibility index (Phi) is 3.83. The molecule has 3 heterocycles. The van der Waals surface area contributed by atoms with Gasteiger partial charge in [-0.15, -0.1) is 10.2 Å². The second kappa shape index (κ2) is 6.49. The third kappa shape index (κ3) is 2.79. The van der Waals surface area contributed by atoms with Gasteiger partial charge in [0.05, 0.1) is 16.7 Å². The van der Waals surface area contributed by atoms with Crippen LogP contribution in [0.25, 0.3) is 22.2 Å². The van der Waals surface area contributed by atoms with Crippen molar-refractivity contribution in [2.24, 2.45) is 0 Å². The number of nitrogens with zero attached hydrogens (tertiary/aromatic N) is 5. The zero-order valence-electron chi connectivity index (χ0n) is 15.7. The van der Waals surface area contributed by atoms with Gasteiger partial charge < -0.3 is 4.74 Å². The van der Waals surface area contributed by atoms with Gasteiger partial charge >= 0.3 is 0 Å². The first-order chi connectivity index (χ1) is 13.7. The fourth-order valence-electron chi connectivity index (χ4n) is 3.52. The van der Waals surface area contributed by atoms with Crippen LogP contribution in [0.15, 0.2) is 67.0 Å². The van der Waals surface area contributed by atoms with E-state index >= 15 is 0 Å². The Balaban J connectivity index is 1.56. The Morgan fingerprint density at radius 1 is 0.929 bits per heavy atom. The van der Waals surface area contributed by atoms with Crippen molar-refractivity contribution in [2.45, 2.75) is 20.5 Å². The molecule has 5 aromatic rings. The van der Waals surface area contributed by atoms with E-state index in [-0.39, 0.29) is 0 Å². The lowest BCUT2D eigenvalue weighted by molar-refractivity contribution is 0.306. The molecular formula is C22H19N5O.